The smallest absolute Gasteiger partial charge is 0.0294 e. The van der Waals surface area contributed by atoms with Gasteiger partial charge in [0.15, 0.2) is 0 Å². The molecule has 2 saturated carbocycles. The van der Waals surface area contributed by atoms with Gasteiger partial charge in [-0.1, -0.05) is 58.1 Å². The molecule has 0 bridgehead atoms. The van der Waals surface area contributed by atoms with Gasteiger partial charge in [0.2, 0.25) is 0 Å². The van der Waals surface area contributed by atoms with Gasteiger partial charge in [-0.2, -0.15) is 0 Å². The Morgan fingerprint density at radius 3 is 1.76 bits per heavy atom. The monoisotopic (exact) mass is 290 g/mol. The second kappa shape index (κ2) is 9.01. The van der Waals surface area contributed by atoms with E-state index in [1.165, 1.54) is 76.2 Å². The van der Waals surface area contributed by atoms with Crippen molar-refractivity contribution in [3.05, 3.63) is 12.2 Å². The molecule has 0 amide bonds. The minimum absolute atomic E-state index is 0.969. The summed E-state index contributed by atoms with van der Waals surface area (Å²) in [5, 5.41) is 0. The van der Waals surface area contributed by atoms with Crippen LogP contribution in [0.4, 0.5) is 0 Å². The lowest BCUT2D eigenvalue weighted by atomic mass is 9.68. The molecule has 2 rings (SSSR count). The maximum atomic E-state index is 4.27. The molecule has 0 unspecified atom stereocenters. The van der Waals surface area contributed by atoms with Gasteiger partial charge in [-0.25, -0.2) is 0 Å². The first-order valence-electron chi connectivity index (χ1n) is 9.89. The van der Waals surface area contributed by atoms with Crippen molar-refractivity contribution >= 4 is 0 Å². The highest BCUT2D eigenvalue weighted by Gasteiger charge is 2.30. The van der Waals surface area contributed by atoms with Crippen molar-refractivity contribution in [2.24, 2.45) is 23.7 Å². The Morgan fingerprint density at radius 2 is 1.29 bits per heavy atom. The molecule has 0 N–H and O–H groups in total. The van der Waals surface area contributed by atoms with Crippen LogP contribution in [0.5, 0.6) is 0 Å². The number of hydrogen-bond acceptors (Lipinski definition) is 0. The molecule has 2 aliphatic carbocycles. The Bertz CT molecular complexity index is 287. The van der Waals surface area contributed by atoms with Gasteiger partial charge in [0, 0.05) is 0 Å². The van der Waals surface area contributed by atoms with Gasteiger partial charge in [-0.3, -0.25) is 0 Å². The van der Waals surface area contributed by atoms with Gasteiger partial charge in [0.05, 0.1) is 0 Å². The van der Waals surface area contributed by atoms with E-state index in [-0.39, 0.29) is 0 Å². The first-order chi connectivity index (χ1) is 10.2. The fourth-order valence-electron chi connectivity index (χ4n) is 5.08. The van der Waals surface area contributed by atoms with E-state index in [0.29, 0.717) is 0 Å². The molecule has 0 nitrogen and oxygen atoms in total. The molecular formula is C21H38. The first-order valence-corrected chi connectivity index (χ1v) is 9.89. The lowest BCUT2D eigenvalue weighted by Crippen LogP contribution is -2.26. The predicted octanol–water partition coefficient (Wildman–Crippen LogP) is 7.15. The van der Waals surface area contributed by atoms with Crippen LogP contribution < -0.4 is 0 Å². The Labute approximate surface area is 133 Å². The minimum Gasteiger partial charge on any atom is -0.0999 e. The summed E-state index contributed by atoms with van der Waals surface area (Å²) >= 11 is 0. The standard InChI is InChI=1S/C21H38/c1-4-6-17(3)16-19-10-14-21(15-11-19)20-12-8-18(7-5-2)9-13-20/h18-21H,3-16H2,1-2H3. The van der Waals surface area contributed by atoms with Crippen LogP contribution >= 0.6 is 0 Å². The molecule has 0 aliphatic heterocycles. The Hall–Kier alpha value is -0.260. The van der Waals surface area contributed by atoms with E-state index in [1.807, 2.05) is 0 Å². The van der Waals surface area contributed by atoms with E-state index >= 15 is 0 Å². The van der Waals surface area contributed by atoms with Crippen molar-refractivity contribution in [3.8, 4) is 0 Å². The highest BCUT2D eigenvalue weighted by atomic mass is 14.4. The zero-order chi connectivity index (χ0) is 15.1. The summed E-state index contributed by atoms with van der Waals surface area (Å²) in [4.78, 5) is 0. The minimum atomic E-state index is 0.969. The summed E-state index contributed by atoms with van der Waals surface area (Å²) in [6, 6.07) is 0. The zero-order valence-corrected chi connectivity index (χ0v) is 14.7. The van der Waals surface area contributed by atoms with Crippen LogP contribution in [0.2, 0.25) is 0 Å². The van der Waals surface area contributed by atoms with Crippen molar-refractivity contribution in [1.29, 1.82) is 0 Å². The quantitative estimate of drug-likeness (QED) is 0.437. The van der Waals surface area contributed by atoms with Crippen molar-refractivity contribution < 1.29 is 0 Å². The van der Waals surface area contributed by atoms with Crippen LogP contribution in [-0.2, 0) is 0 Å². The van der Waals surface area contributed by atoms with E-state index in [2.05, 4.69) is 20.4 Å². The largest absolute Gasteiger partial charge is 0.0999 e. The summed E-state index contributed by atoms with van der Waals surface area (Å²) in [5.41, 5.74) is 1.51. The third-order valence-electron chi connectivity index (χ3n) is 6.33. The fraction of sp³-hybridized carbons (Fsp3) is 0.905. The van der Waals surface area contributed by atoms with Crippen LogP contribution in [0.15, 0.2) is 12.2 Å². The SMILES string of the molecule is C=C(CCC)CC1CCC(C2CCC(CCC)CC2)CC1. The van der Waals surface area contributed by atoms with Crippen molar-refractivity contribution in [2.75, 3.05) is 0 Å². The second-order valence-corrected chi connectivity index (χ2v) is 8.05. The molecule has 0 aromatic carbocycles. The molecule has 21 heavy (non-hydrogen) atoms. The van der Waals surface area contributed by atoms with Crippen LogP contribution in [0.1, 0.15) is 97.3 Å². The van der Waals surface area contributed by atoms with Gasteiger partial charge in [0.1, 0.15) is 0 Å². The van der Waals surface area contributed by atoms with E-state index in [1.54, 1.807) is 12.8 Å². The molecule has 0 radical (unpaired) electrons. The first kappa shape index (κ1) is 17.1. The highest BCUT2D eigenvalue weighted by molar-refractivity contribution is 4.96. The highest BCUT2D eigenvalue weighted by Crippen LogP contribution is 2.43. The fourth-order valence-corrected chi connectivity index (χ4v) is 5.08. The normalized spacial score (nSPS) is 33.8. The van der Waals surface area contributed by atoms with E-state index in [0.717, 1.165) is 23.7 Å². The predicted molar refractivity (Wildman–Crippen MR) is 94.5 cm³/mol. The number of hydrogen-bond donors (Lipinski definition) is 0. The molecule has 0 aromatic heterocycles. The molecular weight excluding hydrogens is 252 g/mol. The average molecular weight is 291 g/mol. The molecule has 0 spiro atoms. The Kier molecular flexibility index (Phi) is 7.34. The maximum absolute atomic E-state index is 4.27. The van der Waals surface area contributed by atoms with Crippen LogP contribution in [0, 0.1) is 23.7 Å². The summed E-state index contributed by atoms with van der Waals surface area (Å²) in [6.45, 7) is 8.89. The summed E-state index contributed by atoms with van der Waals surface area (Å²) in [5.74, 6) is 4.19. The summed E-state index contributed by atoms with van der Waals surface area (Å²) in [6.07, 6.45) is 18.9. The van der Waals surface area contributed by atoms with E-state index in [4.69, 9.17) is 0 Å². The van der Waals surface area contributed by atoms with Gasteiger partial charge in [-0.15, -0.1) is 0 Å². The average Bonchev–Trinajstić information content (AvgIpc) is 2.49. The Morgan fingerprint density at radius 1 is 0.762 bits per heavy atom. The molecule has 122 valence electrons. The van der Waals surface area contributed by atoms with Gasteiger partial charge < -0.3 is 0 Å². The molecule has 0 aromatic rings. The zero-order valence-electron chi connectivity index (χ0n) is 14.7. The topological polar surface area (TPSA) is 0 Å². The lowest BCUT2D eigenvalue weighted by molar-refractivity contribution is 0.143. The number of rotatable bonds is 7. The maximum Gasteiger partial charge on any atom is -0.0294 e. The molecule has 0 heterocycles. The third-order valence-corrected chi connectivity index (χ3v) is 6.33. The third kappa shape index (κ3) is 5.46. The van der Waals surface area contributed by atoms with E-state index in [9.17, 15) is 0 Å². The van der Waals surface area contributed by atoms with Crippen LogP contribution in [-0.4, -0.2) is 0 Å². The van der Waals surface area contributed by atoms with Gasteiger partial charge in [0.25, 0.3) is 0 Å². The molecule has 0 saturated heterocycles. The Balaban J connectivity index is 1.66. The van der Waals surface area contributed by atoms with Crippen LogP contribution in [0.25, 0.3) is 0 Å². The molecule has 0 atom stereocenters. The summed E-state index contributed by atoms with van der Waals surface area (Å²) in [7, 11) is 0. The van der Waals surface area contributed by atoms with Crippen molar-refractivity contribution in [1.82, 2.24) is 0 Å². The van der Waals surface area contributed by atoms with Gasteiger partial charge in [-0.05, 0) is 75.0 Å². The van der Waals surface area contributed by atoms with E-state index < -0.39 is 0 Å². The summed E-state index contributed by atoms with van der Waals surface area (Å²) < 4.78 is 0. The second-order valence-electron chi connectivity index (χ2n) is 8.05. The lowest BCUT2D eigenvalue weighted by Gasteiger charge is -2.38. The number of allylic oxidation sites excluding steroid dienone is 1. The van der Waals surface area contributed by atoms with Crippen LogP contribution in [0.3, 0.4) is 0 Å². The van der Waals surface area contributed by atoms with Crippen molar-refractivity contribution in [2.45, 2.75) is 97.3 Å². The molecule has 2 aliphatic rings. The molecule has 2 fully saturated rings. The van der Waals surface area contributed by atoms with Gasteiger partial charge >= 0.3 is 0 Å². The molecule has 0 heteroatoms. The van der Waals surface area contributed by atoms with Crippen molar-refractivity contribution in [3.63, 3.8) is 0 Å².